The number of hydrogen-bond acceptors (Lipinski definition) is 4. The molecule has 0 spiro atoms. The molecule has 5 nitrogen and oxygen atoms in total. The van der Waals surface area contributed by atoms with Crippen molar-refractivity contribution in [3.8, 4) is 0 Å². The van der Waals surface area contributed by atoms with Gasteiger partial charge in [0.15, 0.2) is 0 Å². The maximum atomic E-state index is 11.5. The summed E-state index contributed by atoms with van der Waals surface area (Å²) < 4.78 is 0. The fourth-order valence-corrected chi connectivity index (χ4v) is 1.92. The van der Waals surface area contributed by atoms with Gasteiger partial charge in [-0.3, -0.25) is 4.79 Å². The van der Waals surface area contributed by atoms with Gasteiger partial charge in [0.2, 0.25) is 5.91 Å². The van der Waals surface area contributed by atoms with E-state index in [9.17, 15) is 4.79 Å². The van der Waals surface area contributed by atoms with Gasteiger partial charge >= 0.3 is 0 Å². The molecule has 1 aromatic rings. The Morgan fingerprint density at radius 2 is 2.11 bits per heavy atom. The lowest BCUT2D eigenvalue weighted by Gasteiger charge is -2.07. The van der Waals surface area contributed by atoms with Gasteiger partial charge in [-0.1, -0.05) is 11.6 Å². The third-order valence-corrected chi connectivity index (χ3v) is 3.22. The molecule has 1 heterocycles. The van der Waals surface area contributed by atoms with Crippen LogP contribution in [0.15, 0.2) is 6.07 Å². The number of anilines is 1. The standard InChI is InChI=1S/C12H15ClN4O/c13-9-5-10(17-12(16-9)7-1-2-7)14-6-11(18)15-8-3-4-8/h5,7-8H,1-4,6H2,(H,15,18)(H,14,16,17). The zero-order valence-electron chi connectivity index (χ0n) is 9.95. The van der Waals surface area contributed by atoms with Crippen LogP contribution in [0.25, 0.3) is 0 Å². The van der Waals surface area contributed by atoms with Gasteiger partial charge in [0.05, 0.1) is 6.54 Å². The topological polar surface area (TPSA) is 66.9 Å². The molecule has 0 saturated heterocycles. The minimum Gasteiger partial charge on any atom is -0.361 e. The second-order valence-electron chi connectivity index (χ2n) is 4.90. The molecule has 1 aromatic heterocycles. The number of hydrogen-bond donors (Lipinski definition) is 2. The first-order valence-corrected chi connectivity index (χ1v) is 6.66. The smallest absolute Gasteiger partial charge is 0.239 e. The first-order valence-electron chi connectivity index (χ1n) is 6.28. The summed E-state index contributed by atoms with van der Waals surface area (Å²) in [7, 11) is 0. The van der Waals surface area contributed by atoms with Crippen LogP contribution in [0.4, 0.5) is 5.82 Å². The van der Waals surface area contributed by atoms with E-state index in [1.54, 1.807) is 6.07 Å². The Morgan fingerprint density at radius 3 is 2.78 bits per heavy atom. The molecule has 2 saturated carbocycles. The van der Waals surface area contributed by atoms with Crippen LogP contribution in [0.2, 0.25) is 5.15 Å². The largest absolute Gasteiger partial charge is 0.361 e. The Kier molecular flexibility index (Phi) is 3.07. The highest BCUT2D eigenvalue weighted by Gasteiger charge is 2.27. The van der Waals surface area contributed by atoms with E-state index in [1.807, 2.05) is 0 Å². The summed E-state index contributed by atoms with van der Waals surface area (Å²) in [5.41, 5.74) is 0. The number of nitrogens with zero attached hydrogens (tertiary/aromatic N) is 2. The molecule has 0 aromatic carbocycles. The fraction of sp³-hybridized carbons (Fsp3) is 0.583. The van der Waals surface area contributed by atoms with Gasteiger partial charge in [-0.25, -0.2) is 9.97 Å². The molecule has 2 aliphatic rings. The van der Waals surface area contributed by atoms with E-state index in [1.165, 1.54) is 0 Å². The Balaban J connectivity index is 1.58. The van der Waals surface area contributed by atoms with Gasteiger partial charge in [-0.15, -0.1) is 0 Å². The van der Waals surface area contributed by atoms with Crippen LogP contribution in [0.1, 0.15) is 37.4 Å². The molecule has 96 valence electrons. The average molecular weight is 267 g/mol. The molecule has 0 unspecified atom stereocenters. The molecule has 2 aliphatic carbocycles. The van der Waals surface area contributed by atoms with Crippen molar-refractivity contribution in [2.45, 2.75) is 37.6 Å². The van der Waals surface area contributed by atoms with E-state index in [-0.39, 0.29) is 12.5 Å². The van der Waals surface area contributed by atoms with E-state index in [2.05, 4.69) is 20.6 Å². The Bertz CT molecular complexity index is 471. The number of amides is 1. The highest BCUT2D eigenvalue weighted by atomic mass is 35.5. The van der Waals surface area contributed by atoms with E-state index < -0.39 is 0 Å². The second-order valence-corrected chi connectivity index (χ2v) is 5.29. The second kappa shape index (κ2) is 4.72. The number of rotatable bonds is 5. The predicted molar refractivity (Wildman–Crippen MR) is 68.7 cm³/mol. The molecule has 6 heteroatoms. The van der Waals surface area contributed by atoms with Crippen LogP contribution in [0.3, 0.4) is 0 Å². The van der Waals surface area contributed by atoms with Gasteiger partial charge in [-0.2, -0.15) is 0 Å². The molecule has 0 bridgehead atoms. The normalized spacial score (nSPS) is 18.5. The van der Waals surface area contributed by atoms with Crippen molar-refractivity contribution in [2.24, 2.45) is 0 Å². The minimum atomic E-state index is 0.000191. The fourth-order valence-electron chi connectivity index (χ4n) is 1.73. The van der Waals surface area contributed by atoms with Crippen LogP contribution < -0.4 is 10.6 Å². The quantitative estimate of drug-likeness (QED) is 0.796. The number of carbonyl (C=O) groups excluding carboxylic acids is 1. The molecule has 1 amide bonds. The van der Waals surface area contributed by atoms with Crippen LogP contribution in [0.5, 0.6) is 0 Å². The summed E-state index contributed by atoms with van der Waals surface area (Å²) in [6.45, 7) is 0.230. The Labute approximate surface area is 110 Å². The number of carbonyl (C=O) groups is 1. The number of aromatic nitrogens is 2. The van der Waals surface area contributed by atoms with Gasteiger partial charge in [0, 0.05) is 18.0 Å². The van der Waals surface area contributed by atoms with E-state index in [0.29, 0.717) is 22.9 Å². The lowest BCUT2D eigenvalue weighted by atomic mass is 10.4. The zero-order chi connectivity index (χ0) is 12.5. The summed E-state index contributed by atoms with van der Waals surface area (Å²) in [6.07, 6.45) is 4.44. The Morgan fingerprint density at radius 1 is 1.33 bits per heavy atom. The van der Waals surface area contributed by atoms with Crippen molar-refractivity contribution in [3.63, 3.8) is 0 Å². The minimum absolute atomic E-state index is 0.000191. The number of nitrogens with one attached hydrogen (secondary N) is 2. The van der Waals surface area contributed by atoms with Crippen molar-refractivity contribution in [2.75, 3.05) is 11.9 Å². The van der Waals surface area contributed by atoms with Crippen LogP contribution in [-0.2, 0) is 4.79 Å². The molecule has 3 rings (SSSR count). The van der Waals surface area contributed by atoms with Crippen molar-refractivity contribution >= 4 is 23.3 Å². The lowest BCUT2D eigenvalue weighted by molar-refractivity contribution is -0.119. The predicted octanol–water partition coefficient (Wildman–Crippen LogP) is 1.70. The summed E-state index contributed by atoms with van der Waals surface area (Å²) in [5.74, 6) is 1.86. The highest BCUT2D eigenvalue weighted by Crippen LogP contribution is 2.38. The van der Waals surface area contributed by atoms with Gasteiger partial charge < -0.3 is 10.6 Å². The van der Waals surface area contributed by atoms with Gasteiger partial charge in [-0.05, 0) is 25.7 Å². The summed E-state index contributed by atoms with van der Waals surface area (Å²) in [5, 5.41) is 6.33. The highest BCUT2D eigenvalue weighted by molar-refractivity contribution is 6.29. The van der Waals surface area contributed by atoms with Crippen molar-refractivity contribution < 1.29 is 4.79 Å². The Hall–Kier alpha value is -1.36. The van der Waals surface area contributed by atoms with Gasteiger partial charge in [0.25, 0.3) is 0 Å². The van der Waals surface area contributed by atoms with E-state index in [4.69, 9.17) is 11.6 Å². The van der Waals surface area contributed by atoms with Crippen LogP contribution >= 0.6 is 11.6 Å². The van der Waals surface area contributed by atoms with Crippen LogP contribution in [0, 0.1) is 0 Å². The van der Waals surface area contributed by atoms with E-state index >= 15 is 0 Å². The monoisotopic (exact) mass is 266 g/mol. The SMILES string of the molecule is O=C(CNc1cc(Cl)nc(C2CC2)n1)NC1CC1. The van der Waals surface area contributed by atoms with Crippen molar-refractivity contribution in [3.05, 3.63) is 17.0 Å². The molecule has 0 aliphatic heterocycles. The first-order chi connectivity index (χ1) is 8.70. The average Bonchev–Trinajstić information content (AvgIpc) is 3.18. The van der Waals surface area contributed by atoms with Crippen LogP contribution in [-0.4, -0.2) is 28.5 Å². The van der Waals surface area contributed by atoms with Gasteiger partial charge in [0.1, 0.15) is 16.8 Å². The molecular weight excluding hydrogens is 252 g/mol. The third kappa shape index (κ3) is 3.10. The molecular formula is C12H15ClN4O. The summed E-state index contributed by atoms with van der Waals surface area (Å²) >= 11 is 5.94. The molecule has 0 atom stereocenters. The first kappa shape index (κ1) is 11.7. The molecule has 18 heavy (non-hydrogen) atoms. The number of halogens is 1. The molecule has 2 N–H and O–H groups in total. The summed E-state index contributed by atoms with van der Waals surface area (Å²) in [4.78, 5) is 20.1. The molecule has 2 fully saturated rings. The van der Waals surface area contributed by atoms with E-state index in [0.717, 1.165) is 31.5 Å². The van der Waals surface area contributed by atoms with Crippen molar-refractivity contribution in [1.82, 2.24) is 15.3 Å². The summed E-state index contributed by atoms with van der Waals surface area (Å²) in [6, 6.07) is 2.04. The third-order valence-electron chi connectivity index (χ3n) is 3.03. The maximum absolute atomic E-state index is 11.5. The molecule has 0 radical (unpaired) electrons. The maximum Gasteiger partial charge on any atom is 0.239 e. The van der Waals surface area contributed by atoms with Crippen molar-refractivity contribution in [1.29, 1.82) is 0 Å². The lowest BCUT2D eigenvalue weighted by Crippen LogP contribution is -2.31. The zero-order valence-corrected chi connectivity index (χ0v) is 10.7.